The van der Waals surface area contributed by atoms with E-state index in [-0.39, 0.29) is 11.2 Å². The number of fused-ring (bicyclic) bond motifs is 1. The van der Waals surface area contributed by atoms with Gasteiger partial charge < -0.3 is 13.7 Å². The van der Waals surface area contributed by atoms with Crippen molar-refractivity contribution < 1.29 is 22.1 Å². The molecular weight excluding hydrogens is 294 g/mol. The molecule has 1 atom stereocenters. The van der Waals surface area contributed by atoms with E-state index in [1.54, 1.807) is 18.2 Å². The minimum atomic E-state index is -3.77. The summed E-state index contributed by atoms with van der Waals surface area (Å²) in [7, 11) is -0.933. The molecule has 1 aromatic rings. The molecule has 1 aliphatic rings. The molecule has 0 amide bonds. The van der Waals surface area contributed by atoms with E-state index in [0.717, 1.165) is 9.87 Å². The first-order chi connectivity index (χ1) is 9.68. The molecule has 0 bridgehead atoms. The fourth-order valence-corrected chi connectivity index (χ4v) is 2.64. The average Bonchev–Trinajstić information content (AvgIpc) is 2.62. The summed E-state index contributed by atoms with van der Waals surface area (Å²) >= 11 is 0. The standard InChI is InChI=1S/C14H21NO5S/c1-6-18-13-14(2,3)11-9-10(7-8-12(11)19-13)20-21(16,17)15(4)5/h7-9,13H,6H2,1-5H3. The predicted octanol–water partition coefficient (Wildman–Crippen LogP) is 1.90. The Morgan fingerprint density at radius 3 is 2.57 bits per heavy atom. The monoisotopic (exact) mass is 315 g/mol. The van der Waals surface area contributed by atoms with Crippen molar-refractivity contribution in [3.05, 3.63) is 23.8 Å². The van der Waals surface area contributed by atoms with E-state index in [0.29, 0.717) is 12.4 Å². The number of benzene rings is 1. The van der Waals surface area contributed by atoms with Crippen LogP contribution in [0.1, 0.15) is 26.3 Å². The summed E-state index contributed by atoms with van der Waals surface area (Å²) in [5, 5.41) is 0. The molecule has 0 aliphatic carbocycles. The predicted molar refractivity (Wildman–Crippen MR) is 78.7 cm³/mol. The zero-order valence-corrected chi connectivity index (χ0v) is 13.7. The van der Waals surface area contributed by atoms with E-state index < -0.39 is 16.6 Å². The van der Waals surface area contributed by atoms with Crippen LogP contribution in [0.5, 0.6) is 11.5 Å². The number of hydrogen-bond donors (Lipinski definition) is 0. The van der Waals surface area contributed by atoms with E-state index >= 15 is 0 Å². The molecule has 0 spiro atoms. The van der Waals surface area contributed by atoms with Gasteiger partial charge in [-0.2, -0.15) is 12.7 Å². The molecule has 0 saturated carbocycles. The topological polar surface area (TPSA) is 65.1 Å². The number of rotatable bonds is 5. The summed E-state index contributed by atoms with van der Waals surface area (Å²) in [6.45, 7) is 6.42. The Balaban J connectivity index is 2.32. The molecule has 118 valence electrons. The Kier molecular flexibility index (Phi) is 4.19. The van der Waals surface area contributed by atoms with E-state index in [1.807, 2.05) is 20.8 Å². The molecule has 1 aliphatic heterocycles. The molecule has 7 heteroatoms. The van der Waals surface area contributed by atoms with Gasteiger partial charge in [0.25, 0.3) is 0 Å². The third-order valence-electron chi connectivity index (χ3n) is 3.44. The van der Waals surface area contributed by atoms with Gasteiger partial charge in [-0.3, -0.25) is 0 Å². The Bertz CT molecular complexity index is 624. The Morgan fingerprint density at radius 2 is 2.00 bits per heavy atom. The lowest BCUT2D eigenvalue weighted by Gasteiger charge is -2.25. The largest absolute Gasteiger partial charge is 0.464 e. The van der Waals surface area contributed by atoms with Crippen molar-refractivity contribution in [2.24, 2.45) is 0 Å². The fourth-order valence-electron chi connectivity index (χ4n) is 2.15. The van der Waals surface area contributed by atoms with Crippen molar-refractivity contribution in [2.45, 2.75) is 32.5 Å². The molecule has 2 rings (SSSR count). The van der Waals surface area contributed by atoms with E-state index in [4.69, 9.17) is 13.7 Å². The minimum absolute atomic E-state index is 0.260. The molecule has 0 saturated heterocycles. The van der Waals surface area contributed by atoms with Crippen molar-refractivity contribution >= 4 is 10.3 Å². The highest BCUT2D eigenvalue weighted by molar-refractivity contribution is 7.84. The van der Waals surface area contributed by atoms with Gasteiger partial charge in [0.2, 0.25) is 6.29 Å². The Hall–Kier alpha value is -1.31. The van der Waals surface area contributed by atoms with Crippen LogP contribution in [0, 0.1) is 0 Å². The molecule has 0 N–H and O–H groups in total. The summed E-state index contributed by atoms with van der Waals surface area (Å²) in [5.74, 6) is 0.948. The third-order valence-corrected chi connectivity index (χ3v) is 4.73. The van der Waals surface area contributed by atoms with Crippen LogP contribution in [-0.2, 0) is 20.5 Å². The van der Waals surface area contributed by atoms with Crippen LogP contribution in [0.2, 0.25) is 0 Å². The Labute approximate surface area is 125 Å². The second-order valence-electron chi connectivity index (χ2n) is 5.61. The first kappa shape index (κ1) is 16.1. The highest BCUT2D eigenvalue weighted by Crippen LogP contribution is 2.44. The van der Waals surface area contributed by atoms with Crippen molar-refractivity contribution in [2.75, 3.05) is 20.7 Å². The number of nitrogens with zero attached hydrogens (tertiary/aromatic N) is 1. The third kappa shape index (κ3) is 3.00. The lowest BCUT2D eigenvalue weighted by Crippen LogP contribution is -2.34. The maximum absolute atomic E-state index is 11.8. The van der Waals surface area contributed by atoms with Gasteiger partial charge in [0, 0.05) is 26.3 Å². The summed E-state index contributed by atoms with van der Waals surface area (Å²) in [6.07, 6.45) is -0.391. The lowest BCUT2D eigenvalue weighted by molar-refractivity contribution is -0.0981. The van der Waals surface area contributed by atoms with Gasteiger partial charge in [-0.15, -0.1) is 0 Å². The number of ether oxygens (including phenoxy) is 2. The van der Waals surface area contributed by atoms with E-state index in [9.17, 15) is 8.42 Å². The molecule has 0 aromatic heterocycles. The highest BCUT2D eigenvalue weighted by atomic mass is 32.2. The zero-order chi connectivity index (χ0) is 15.8. The molecule has 1 heterocycles. The first-order valence-electron chi connectivity index (χ1n) is 6.73. The van der Waals surface area contributed by atoms with Crippen LogP contribution in [0.25, 0.3) is 0 Å². The van der Waals surface area contributed by atoms with E-state index in [2.05, 4.69) is 0 Å². The molecule has 1 aromatic carbocycles. The highest BCUT2D eigenvalue weighted by Gasteiger charge is 2.42. The van der Waals surface area contributed by atoms with Gasteiger partial charge in [0.1, 0.15) is 11.5 Å². The van der Waals surface area contributed by atoms with Crippen LogP contribution >= 0.6 is 0 Å². The first-order valence-corrected chi connectivity index (χ1v) is 8.09. The normalized spacial score (nSPS) is 20.2. The Morgan fingerprint density at radius 1 is 1.33 bits per heavy atom. The van der Waals surface area contributed by atoms with Crippen LogP contribution in [0.15, 0.2) is 18.2 Å². The van der Waals surface area contributed by atoms with Gasteiger partial charge >= 0.3 is 10.3 Å². The minimum Gasteiger partial charge on any atom is -0.464 e. The molecule has 1 unspecified atom stereocenters. The van der Waals surface area contributed by atoms with Gasteiger partial charge in [-0.1, -0.05) is 0 Å². The maximum atomic E-state index is 11.8. The second kappa shape index (κ2) is 5.47. The average molecular weight is 315 g/mol. The molecule has 0 fully saturated rings. The SMILES string of the molecule is CCOC1Oc2ccc(OS(=O)(=O)N(C)C)cc2C1(C)C. The fraction of sp³-hybridized carbons (Fsp3) is 0.571. The molecule has 21 heavy (non-hydrogen) atoms. The lowest BCUT2D eigenvalue weighted by atomic mass is 9.85. The van der Waals surface area contributed by atoms with Crippen molar-refractivity contribution in [1.82, 2.24) is 4.31 Å². The van der Waals surface area contributed by atoms with Gasteiger partial charge in [-0.05, 0) is 39.0 Å². The summed E-state index contributed by atoms with van der Waals surface area (Å²) in [5.41, 5.74) is 0.486. The smallest absolute Gasteiger partial charge is 0.384 e. The van der Waals surface area contributed by atoms with Gasteiger partial charge in [0.15, 0.2) is 0 Å². The summed E-state index contributed by atoms with van der Waals surface area (Å²) < 4.78 is 41.0. The van der Waals surface area contributed by atoms with Crippen LogP contribution < -0.4 is 8.92 Å². The van der Waals surface area contributed by atoms with Gasteiger partial charge in [0.05, 0.1) is 5.41 Å². The molecule has 0 radical (unpaired) electrons. The number of hydrogen-bond acceptors (Lipinski definition) is 5. The quantitative estimate of drug-likeness (QED) is 0.830. The molecular formula is C14H21NO5S. The summed E-state index contributed by atoms with van der Waals surface area (Å²) in [6, 6.07) is 4.97. The van der Waals surface area contributed by atoms with Crippen LogP contribution in [0.4, 0.5) is 0 Å². The zero-order valence-electron chi connectivity index (χ0n) is 12.9. The van der Waals surface area contributed by atoms with Crippen molar-refractivity contribution in [1.29, 1.82) is 0 Å². The maximum Gasteiger partial charge on any atom is 0.384 e. The van der Waals surface area contributed by atoms with Crippen molar-refractivity contribution in [3.63, 3.8) is 0 Å². The van der Waals surface area contributed by atoms with E-state index in [1.165, 1.54) is 14.1 Å². The van der Waals surface area contributed by atoms with Crippen LogP contribution in [-0.4, -0.2) is 39.7 Å². The summed E-state index contributed by atoms with van der Waals surface area (Å²) in [4.78, 5) is 0. The molecule has 6 nitrogen and oxygen atoms in total. The van der Waals surface area contributed by atoms with Crippen LogP contribution in [0.3, 0.4) is 0 Å². The second-order valence-corrected chi connectivity index (χ2v) is 7.36. The van der Waals surface area contributed by atoms with Gasteiger partial charge in [-0.25, -0.2) is 0 Å². The van der Waals surface area contributed by atoms with Crippen molar-refractivity contribution in [3.8, 4) is 11.5 Å².